The van der Waals surface area contributed by atoms with E-state index in [9.17, 15) is 4.79 Å². The SMILES string of the molecule is CCC1(CC)Nc2ccccc2C(=O)N1CCc1ccccc1. The van der Waals surface area contributed by atoms with Gasteiger partial charge in [-0.2, -0.15) is 0 Å². The van der Waals surface area contributed by atoms with E-state index in [4.69, 9.17) is 0 Å². The molecule has 1 N–H and O–H groups in total. The average molecular weight is 308 g/mol. The zero-order valence-corrected chi connectivity index (χ0v) is 13.9. The first-order valence-electron chi connectivity index (χ1n) is 8.43. The smallest absolute Gasteiger partial charge is 0.257 e. The highest BCUT2D eigenvalue weighted by molar-refractivity contribution is 6.02. The normalized spacial score (nSPS) is 15.9. The van der Waals surface area contributed by atoms with Crippen LogP contribution in [-0.2, 0) is 6.42 Å². The van der Waals surface area contributed by atoms with Crippen molar-refractivity contribution < 1.29 is 4.79 Å². The summed E-state index contributed by atoms with van der Waals surface area (Å²) in [6, 6.07) is 18.2. The number of anilines is 1. The summed E-state index contributed by atoms with van der Waals surface area (Å²) in [7, 11) is 0. The number of carbonyl (C=O) groups is 1. The number of hydrogen-bond donors (Lipinski definition) is 1. The molecule has 0 fully saturated rings. The Morgan fingerprint density at radius 1 is 0.957 bits per heavy atom. The van der Waals surface area contributed by atoms with Crippen LogP contribution < -0.4 is 5.32 Å². The maximum Gasteiger partial charge on any atom is 0.257 e. The van der Waals surface area contributed by atoms with Gasteiger partial charge in [-0.05, 0) is 37.0 Å². The van der Waals surface area contributed by atoms with E-state index in [-0.39, 0.29) is 11.6 Å². The Balaban J connectivity index is 1.90. The van der Waals surface area contributed by atoms with Gasteiger partial charge in [0.15, 0.2) is 0 Å². The number of rotatable bonds is 5. The van der Waals surface area contributed by atoms with Gasteiger partial charge in [-0.25, -0.2) is 0 Å². The summed E-state index contributed by atoms with van der Waals surface area (Å²) in [5.74, 6) is 0.138. The number of carbonyl (C=O) groups excluding carboxylic acids is 1. The van der Waals surface area contributed by atoms with Crippen LogP contribution >= 0.6 is 0 Å². The molecule has 120 valence electrons. The lowest BCUT2D eigenvalue weighted by molar-refractivity contribution is 0.0486. The van der Waals surface area contributed by atoms with Gasteiger partial charge >= 0.3 is 0 Å². The van der Waals surface area contributed by atoms with Crippen LogP contribution in [0.1, 0.15) is 42.6 Å². The van der Waals surface area contributed by atoms with Crippen molar-refractivity contribution in [2.45, 2.75) is 38.8 Å². The van der Waals surface area contributed by atoms with Crippen LogP contribution in [0.5, 0.6) is 0 Å². The summed E-state index contributed by atoms with van der Waals surface area (Å²) < 4.78 is 0. The Hall–Kier alpha value is -2.29. The zero-order valence-electron chi connectivity index (χ0n) is 13.9. The highest BCUT2D eigenvalue weighted by Crippen LogP contribution is 2.35. The molecule has 0 saturated heterocycles. The molecule has 0 aromatic heterocycles. The van der Waals surface area contributed by atoms with Gasteiger partial charge in [0.1, 0.15) is 5.66 Å². The molecule has 1 aliphatic rings. The van der Waals surface area contributed by atoms with E-state index >= 15 is 0 Å². The lowest BCUT2D eigenvalue weighted by Crippen LogP contribution is -2.59. The van der Waals surface area contributed by atoms with Crippen molar-refractivity contribution in [1.29, 1.82) is 0 Å². The first-order valence-corrected chi connectivity index (χ1v) is 8.43. The van der Waals surface area contributed by atoms with E-state index in [1.807, 2.05) is 47.4 Å². The summed E-state index contributed by atoms with van der Waals surface area (Å²) in [5.41, 5.74) is 2.70. The van der Waals surface area contributed by atoms with Crippen LogP contribution in [-0.4, -0.2) is 23.0 Å². The predicted molar refractivity (Wildman–Crippen MR) is 94.6 cm³/mol. The minimum absolute atomic E-state index is 0.138. The number of nitrogens with one attached hydrogen (secondary N) is 1. The van der Waals surface area contributed by atoms with E-state index < -0.39 is 0 Å². The minimum atomic E-state index is -0.291. The number of amides is 1. The van der Waals surface area contributed by atoms with Crippen LogP contribution in [0.2, 0.25) is 0 Å². The first kappa shape index (κ1) is 15.6. The third-order valence-electron chi connectivity index (χ3n) is 4.92. The minimum Gasteiger partial charge on any atom is -0.362 e. The Labute approximate surface area is 138 Å². The molecule has 2 aromatic carbocycles. The lowest BCUT2D eigenvalue weighted by atomic mass is 9.93. The first-order chi connectivity index (χ1) is 11.2. The monoisotopic (exact) mass is 308 g/mol. The zero-order chi connectivity index (χ0) is 16.3. The Bertz CT molecular complexity index is 677. The highest BCUT2D eigenvalue weighted by atomic mass is 16.2. The van der Waals surface area contributed by atoms with Gasteiger partial charge < -0.3 is 10.2 Å². The maximum absolute atomic E-state index is 13.1. The van der Waals surface area contributed by atoms with E-state index in [1.165, 1.54) is 5.56 Å². The molecule has 3 heteroatoms. The van der Waals surface area contributed by atoms with Crippen molar-refractivity contribution in [3.63, 3.8) is 0 Å². The molecule has 3 nitrogen and oxygen atoms in total. The fourth-order valence-electron chi connectivity index (χ4n) is 3.45. The van der Waals surface area contributed by atoms with Crippen molar-refractivity contribution in [3.05, 3.63) is 65.7 Å². The summed E-state index contributed by atoms with van der Waals surface area (Å²) >= 11 is 0. The summed E-state index contributed by atoms with van der Waals surface area (Å²) in [6.07, 6.45) is 2.65. The molecule has 0 saturated carbocycles. The molecule has 1 aliphatic heterocycles. The van der Waals surface area contributed by atoms with E-state index in [0.717, 1.165) is 37.1 Å². The summed E-state index contributed by atoms with van der Waals surface area (Å²) in [6.45, 7) is 5.02. The van der Waals surface area contributed by atoms with Crippen molar-refractivity contribution in [2.24, 2.45) is 0 Å². The standard InChI is InChI=1S/C20H24N2O/c1-3-20(4-2)21-18-13-9-8-12-17(18)19(23)22(20)15-14-16-10-6-5-7-11-16/h5-13,21H,3-4,14-15H2,1-2H3. The van der Waals surface area contributed by atoms with Crippen LogP contribution in [0, 0.1) is 0 Å². The maximum atomic E-state index is 13.1. The van der Waals surface area contributed by atoms with Crippen molar-refractivity contribution >= 4 is 11.6 Å². The molecule has 1 amide bonds. The second-order valence-corrected chi connectivity index (χ2v) is 6.10. The van der Waals surface area contributed by atoms with Crippen molar-refractivity contribution in [2.75, 3.05) is 11.9 Å². The van der Waals surface area contributed by atoms with E-state index in [1.54, 1.807) is 0 Å². The molecule has 0 aliphatic carbocycles. The Kier molecular flexibility index (Phi) is 4.37. The summed E-state index contributed by atoms with van der Waals surface area (Å²) in [5, 5.41) is 3.63. The van der Waals surface area contributed by atoms with E-state index in [2.05, 4.69) is 31.3 Å². The molecule has 0 bridgehead atoms. The molecule has 0 atom stereocenters. The van der Waals surface area contributed by atoms with Crippen LogP contribution in [0.3, 0.4) is 0 Å². The number of para-hydroxylation sites is 1. The fraction of sp³-hybridized carbons (Fsp3) is 0.350. The van der Waals surface area contributed by atoms with Gasteiger partial charge in [0, 0.05) is 12.2 Å². The molecular weight excluding hydrogens is 284 g/mol. The van der Waals surface area contributed by atoms with Crippen LogP contribution in [0.25, 0.3) is 0 Å². The van der Waals surface area contributed by atoms with Crippen molar-refractivity contribution in [1.82, 2.24) is 4.90 Å². The average Bonchev–Trinajstić information content (AvgIpc) is 2.61. The molecule has 23 heavy (non-hydrogen) atoms. The number of nitrogens with zero attached hydrogens (tertiary/aromatic N) is 1. The largest absolute Gasteiger partial charge is 0.362 e. The third kappa shape index (κ3) is 2.83. The van der Waals surface area contributed by atoms with Gasteiger partial charge in [-0.3, -0.25) is 4.79 Å². The quantitative estimate of drug-likeness (QED) is 0.892. The molecule has 0 radical (unpaired) electrons. The van der Waals surface area contributed by atoms with Gasteiger partial charge in [0.05, 0.1) is 5.56 Å². The second kappa shape index (κ2) is 6.45. The highest BCUT2D eigenvalue weighted by Gasteiger charge is 2.41. The molecule has 0 spiro atoms. The van der Waals surface area contributed by atoms with Crippen LogP contribution in [0.15, 0.2) is 54.6 Å². The second-order valence-electron chi connectivity index (χ2n) is 6.10. The fourth-order valence-corrected chi connectivity index (χ4v) is 3.45. The lowest BCUT2D eigenvalue weighted by Gasteiger charge is -2.48. The van der Waals surface area contributed by atoms with Gasteiger partial charge in [-0.1, -0.05) is 56.3 Å². The Morgan fingerprint density at radius 2 is 1.61 bits per heavy atom. The van der Waals surface area contributed by atoms with Gasteiger partial charge in [0.2, 0.25) is 0 Å². The molecule has 2 aromatic rings. The van der Waals surface area contributed by atoms with Crippen LogP contribution in [0.4, 0.5) is 5.69 Å². The molecule has 0 unspecified atom stereocenters. The van der Waals surface area contributed by atoms with Gasteiger partial charge in [-0.15, -0.1) is 0 Å². The number of benzene rings is 2. The Morgan fingerprint density at radius 3 is 2.30 bits per heavy atom. The third-order valence-corrected chi connectivity index (χ3v) is 4.92. The number of hydrogen-bond acceptors (Lipinski definition) is 2. The molecule has 1 heterocycles. The van der Waals surface area contributed by atoms with Crippen molar-refractivity contribution in [3.8, 4) is 0 Å². The molecular formula is C20H24N2O. The topological polar surface area (TPSA) is 32.3 Å². The number of fused-ring (bicyclic) bond motifs is 1. The molecule has 3 rings (SSSR count). The summed E-state index contributed by atoms with van der Waals surface area (Å²) in [4.78, 5) is 15.1. The predicted octanol–water partition coefficient (Wildman–Crippen LogP) is 4.31. The van der Waals surface area contributed by atoms with Gasteiger partial charge in [0.25, 0.3) is 5.91 Å². The van der Waals surface area contributed by atoms with E-state index in [0.29, 0.717) is 0 Å².